The third kappa shape index (κ3) is 5.20. The van der Waals surface area contributed by atoms with Crippen LogP contribution in [-0.2, 0) is 20.5 Å². The summed E-state index contributed by atoms with van der Waals surface area (Å²) in [6, 6.07) is 18.3. The van der Waals surface area contributed by atoms with Crippen LogP contribution in [0.3, 0.4) is 0 Å². The lowest BCUT2D eigenvalue weighted by molar-refractivity contribution is -0.146. The summed E-state index contributed by atoms with van der Waals surface area (Å²) >= 11 is 0. The van der Waals surface area contributed by atoms with Gasteiger partial charge >= 0.3 is 5.97 Å². The molecule has 5 heteroatoms. The topological polar surface area (TPSA) is 46.6 Å². The fourth-order valence-electron chi connectivity index (χ4n) is 3.29. The van der Waals surface area contributed by atoms with E-state index in [1.165, 1.54) is 0 Å². The summed E-state index contributed by atoms with van der Waals surface area (Å²) in [6.07, 6.45) is 0. The fraction of sp³-hybridized carbons (Fsp3) is 0.400. The molecule has 2 aromatic carbocycles. The molecule has 2 atom stereocenters. The molecule has 0 radical (unpaired) electrons. The third-order valence-corrected chi connectivity index (χ3v) is 6.87. The van der Waals surface area contributed by atoms with E-state index >= 15 is 0 Å². The Labute approximate surface area is 183 Å². The number of hydrogen-bond donors (Lipinski definition) is 0. The first-order valence-corrected chi connectivity index (χ1v) is 11.3. The molecule has 0 aliphatic heterocycles. The first-order valence-electron chi connectivity index (χ1n) is 10.2. The zero-order chi connectivity index (χ0) is 22.5. The molecule has 30 heavy (non-hydrogen) atoms. The van der Waals surface area contributed by atoms with Gasteiger partial charge in [0.1, 0.15) is 17.0 Å². The van der Waals surface area contributed by atoms with Gasteiger partial charge in [0.2, 0.25) is 0 Å². The van der Waals surface area contributed by atoms with Crippen LogP contribution in [0.2, 0.25) is 0 Å². The highest BCUT2D eigenvalue weighted by atomic mass is 32.2. The van der Waals surface area contributed by atoms with E-state index in [-0.39, 0.29) is 6.61 Å². The van der Waals surface area contributed by atoms with Crippen LogP contribution < -0.4 is 4.31 Å². The quantitative estimate of drug-likeness (QED) is 0.513. The Bertz CT molecular complexity index is 886. The molecule has 0 amide bonds. The van der Waals surface area contributed by atoms with Gasteiger partial charge < -0.3 is 4.74 Å². The minimum Gasteiger partial charge on any atom is -0.464 e. The molecule has 0 saturated carbocycles. The van der Waals surface area contributed by atoms with Crippen molar-refractivity contribution >= 4 is 28.2 Å². The number of carbonyl (C=O) groups is 1. The van der Waals surface area contributed by atoms with Gasteiger partial charge in [-0.3, -0.25) is 4.31 Å². The molecule has 0 aliphatic carbocycles. The van der Waals surface area contributed by atoms with Gasteiger partial charge in [-0.1, -0.05) is 69.0 Å². The minimum atomic E-state index is -1.51. The third-order valence-electron chi connectivity index (χ3n) is 5.04. The van der Waals surface area contributed by atoms with Crippen molar-refractivity contribution in [2.75, 3.05) is 10.9 Å². The molecule has 0 saturated heterocycles. The normalized spacial score (nSPS) is 13.9. The van der Waals surface area contributed by atoms with Crippen LogP contribution in [0.5, 0.6) is 0 Å². The molecule has 1 unspecified atom stereocenters. The molecule has 162 valence electrons. The molecule has 0 bridgehead atoms. The van der Waals surface area contributed by atoms with Crippen LogP contribution in [0.15, 0.2) is 67.2 Å². The van der Waals surface area contributed by atoms with Gasteiger partial charge in [0, 0.05) is 5.41 Å². The number of rotatable bonds is 8. The van der Waals surface area contributed by atoms with Crippen LogP contribution >= 0.6 is 0 Å². The van der Waals surface area contributed by atoms with Crippen LogP contribution in [0.25, 0.3) is 5.57 Å². The SMILES string of the molecule is C=C(c1ccccc1)C(C)(C)[C@@H](C(=O)OCC)N(c1ccccc1)S(=O)C(C)(C)C. The number of carbonyl (C=O) groups excluding carboxylic acids is 1. The zero-order valence-corrected chi connectivity index (χ0v) is 19.7. The predicted molar refractivity (Wildman–Crippen MR) is 126 cm³/mol. The smallest absolute Gasteiger partial charge is 0.330 e. The Morgan fingerprint density at radius 1 is 1.00 bits per heavy atom. The van der Waals surface area contributed by atoms with Gasteiger partial charge in [0.05, 0.1) is 17.0 Å². The predicted octanol–water partition coefficient (Wildman–Crippen LogP) is 5.63. The zero-order valence-electron chi connectivity index (χ0n) is 18.8. The summed E-state index contributed by atoms with van der Waals surface area (Å²) in [5.74, 6) is -0.416. The molecular weight excluding hydrogens is 394 g/mol. The average Bonchev–Trinajstić information content (AvgIpc) is 2.71. The van der Waals surface area contributed by atoms with Crippen molar-refractivity contribution in [1.82, 2.24) is 0 Å². The summed E-state index contributed by atoms with van der Waals surface area (Å²) in [5, 5.41) is 0. The van der Waals surface area contributed by atoms with E-state index in [4.69, 9.17) is 4.74 Å². The van der Waals surface area contributed by atoms with Gasteiger partial charge in [-0.15, -0.1) is 0 Å². The molecule has 4 nitrogen and oxygen atoms in total. The van der Waals surface area contributed by atoms with E-state index in [9.17, 15) is 9.00 Å². The summed E-state index contributed by atoms with van der Waals surface area (Å²) in [4.78, 5) is 13.3. The van der Waals surface area contributed by atoms with E-state index in [2.05, 4.69) is 6.58 Å². The van der Waals surface area contributed by atoms with Crippen molar-refractivity contribution in [3.63, 3.8) is 0 Å². The van der Waals surface area contributed by atoms with E-state index in [1.54, 1.807) is 11.2 Å². The minimum absolute atomic E-state index is 0.244. The van der Waals surface area contributed by atoms with E-state index in [0.29, 0.717) is 5.69 Å². The van der Waals surface area contributed by atoms with Crippen LogP contribution in [0.1, 0.15) is 47.1 Å². The Morgan fingerprint density at radius 2 is 1.50 bits per heavy atom. The van der Waals surface area contributed by atoms with Crippen molar-refractivity contribution in [3.8, 4) is 0 Å². The first-order chi connectivity index (χ1) is 14.0. The maximum Gasteiger partial charge on any atom is 0.330 e. The number of hydrogen-bond acceptors (Lipinski definition) is 3. The van der Waals surface area contributed by atoms with Crippen molar-refractivity contribution in [1.29, 1.82) is 0 Å². The highest BCUT2D eigenvalue weighted by Crippen LogP contribution is 2.42. The van der Waals surface area contributed by atoms with Gasteiger partial charge in [-0.25, -0.2) is 9.00 Å². The molecular formula is C25H33NO3S. The standard InChI is InChI=1S/C25H33NO3S/c1-8-29-23(27)22(25(6,7)19(2)20-15-11-9-12-16-20)26(30(28)24(3,4)5)21-17-13-10-14-18-21/h9-18,22H,2,8H2,1,3-7H3/t22-,30?/m1/s1. The monoisotopic (exact) mass is 427 g/mol. The first kappa shape index (κ1) is 23.9. The number of nitrogens with zero attached hydrogens (tertiary/aromatic N) is 1. The van der Waals surface area contributed by atoms with Gasteiger partial charge in [0.25, 0.3) is 0 Å². The summed E-state index contributed by atoms with van der Waals surface area (Å²) < 4.78 is 20.3. The number of benzene rings is 2. The fourth-order valence-corrected chi connectivity index (χ4v) is 4.74. The molecule has 0 aliphatic rings. The van der Waals surface area contributed by atoms with Crippen molar-refractivity contribution in [3.05, 3.63) is 72.8 Å². The Hall–Kier alpha value is -2.40. The molecule has 0 aromatic heterocycles. The molecule has 2 rings (SSSR count). The van der Waals surface area contributed by atoms with Gasteiger partial charge in [-0.2, -0.15) is 0 Å². The molecule has 2 aromatic rings. The lowest BCUT2D eigenvalue weighted by Gasteiger charge is -2.43. The number of ether oxygens (including phenoxy) is 1. The van der Waals surface area contributed by atoms with Crippen molar-refractivity contribution in [2.45, 2.75) is 52.3 Å². The average molecular weight is 428 g/mol. The highest BCUT2D eigenvalue weighted by Gasteiger charge is 2.47. The second-order valence-corrected chi connectivity index (χ2v) is 10.9. The Balaban J connectivity index is 2.68. The van der Waals surface area contributed by atoms with Gasteiger partial charge in [-0.05, 0) is 51.0 Å². The molecule has 0 heterocycles. The number of para-hydroxylation sites is 1. The van der Waals surface area contributed by atoms with Crippen LogP contribution in [-0.4, -0.2) is 27.6 Å². The van der Waals surface area contributed by atoms with Crippen molar-refractivity contribution < 1.29 is 13.7 Å². The lowest BCUT2D eigenvalue weighted by Crippen LogP contribution is -2.55. The van der Waals surface area contributed by atoms with E-state index in [1.807, 2.05) is 95.3 Å². The molecule has 0 N–H and O–H groups in total. The van der Waals surface area contributed by atoms with Crippen LogP contribution in [0, 0.1) is 5.41 Å². The van der Waals surface area contributed by atoms with E-state index < -0.39 is 33.2 Å². The molecule has 0 fully saturated rings. The number of anilines is 1. The second-order valence-electron chi connectivity index (χ2n) is 8.74. The van der Waals surface area contributed by atoms with Crippen molar-refractivity contribution in [2.24, 2.45) is 5.41 Å². The number of esters is 1. The maximum absolute atomic E-state index is 13.7. The second kappa shape index (κ2) is 9.61. The Morgan fingerprint density at radius 3 is 1.97 bits per heavy atom. The molecule has 0 spiro atoms. The summed E-state index contributed by atoms with van der Waals surface area (Å²) in [7, 11) is -1.51. The summed E-state index contributed by atoms with van der Waals surface area (Å²) in [6.45, 7) is 16.0. The lowest BCUT2D eigenvalue weighted by atomic mass is 9.75. The Kier molecular flexibility index (Phi) is 7.64. The largest absolute Gasteiger partial charge is 0.464 e. The van der Waals surface area contributed by atoms with E-state index in [0.717, 1.165) is 11.1 Å². The van der Waals surface area contributed by atoms with Crippen LogP contribution in [0.4, 0.5) is 5.69 Å². The summed E-state index contributed by atoms with van der Waals surface area (Å²) in [5.41, 5.74) is 1.67. The maximum atomic E-state index is 13.7. The highest BCUT2D eigenvalue weighted by molar-refractivity contribution is 7.87. The van der Waals surface area contributed by atoms with Gasteiger partial charge in [0.15, 0.2) is 0 Å².